The van der Waals surface area contributed by atoms with E-state index in [0.717, 1.165) is 5.92 Å². The predicted octanol–water partition coefficient (Wildman–Crippen LogP) is 3.31. The van der Waals surface area contributed by atoms with Crippen molar-refractivity contribution in [2.45, 2.75) is 32.6 Å². The molecule has 0 spiro atoms. The molecule has 1 saturated heterocycles. The molecule has 0 N–H and O–H groups in total. The van der Waals surface area contributed by atoms with Crippen molar-refractivity contribution in [1.82, 2.24) is 4.90 Å². The Kier molecular flexibility index (Phi) is 3.34. The van der Waals surface area contributed by atoms with E-state index in [1.807, 2.05) is 0 Å². The first kappa shape index (κ1) is 11.7. The zero-order valence-corrected chi connectivity index (χ0v) is 10.7. The van der Waals surface area contributed by atoms with Crippen molar-refractivity contribution in [3.8, 4) is 0 Å². The minimum atomic E-state index is 0.368. The van der Waals surface area contributed by atoms with Crippen LogP contribution >= 0.6 is 0 Å². The minimum Gasteiger partial charge on any atom is -0.303 e. The van der Waals surface area contributed by atoms with E-state index in [4.69, 9.17) is 0 Å². The molecule has 1 aliphatic rings. The Hall–Kier alpha value is -0.820. The summed E-state index contributed by atoms with van der Waals surface area (Å²) in [7, 11) is 0. The molecule has 0 bridgehead atoms. The summed E-state index contributed by atoms with van der Waals surface area (Å²) in [5, 5.41) is 0. The van der Waals surface area contributed by atoms with Crippen LogP contribution in [0, 0.1) is 5.92 Å². The summed E-state index contributed by atoms with van der Waals surface area (Å²) in [6.07, 6.45) is 1.28. The summed E-state index contributed by atoms with van der Waals surface area (Å²) in [4.78, 5) is 2.56. The molecule has 1 aromatic carbocycles. The second-order valence-corrected chi connectivity index (χ2v) is 5.33. The van der Waals surface area contributed by atoms with Gasteiger partial charge in [-0.3, -0.25) is 0 Å². The Bertz CT molecular complexity index is 333. The highest BCUT2D eigenvalue weighted by Crippen LogP contribution is 2.38. The maximum absolute atomic E-state index is 2.56. The van der Waals surface area contributed by atoms with Gasteiger partial charge >= 0.3 is 0 Å². The van der Waals surface area contributed by atoms with Gasteiger partial charge in [0.2, 0.25) is 0 Å². The molecule has 1 fully saturated rings. The smallest absolute Gasteiger partial charge is 0.00153 e. The number of hydrogen-bond acceptors (Lipinski definition) is 1. The van der Waals surface area contributed by atoms with Gasteiger partial charge in [-0.25, -0.2) is 0 Å². The second kappa shape index (κ2) is 4.58. The first-order chi connectivity index (χ1) is 7.66. The molecule has 0 radical (unpaired) electrons. The van der Waals surface area contributed by atoms with E-state index < -0.39 is 0 Å². The van der Waals surface area contributed by atoms with Crippen LogP contribution in [0.2, 0.25) is 0 Å². The van der Waals surface area contributed by atoms with Crippen molar-refractivity contribution in [1.29, 1.82) is 0 Å². The molecule has 1 heteroatoms. The van der Waals surface area contributed by atoms with Gasteiger partial charge in [0.05, 0.1) is 0 Å². The lowest BCUT2D eigenvalue weighted by Crippen LogP contribution is -2.47. The highest BCUT2D eigenvalue weighted by molar-refractivity contribution is 5.26. The van der Waals surface area contributed by atoms with E-state index in [1.54, 1.807) is 0 Å². The monoisotopic (exact) mass is 217 g/mol. The fourth-order valence-electron chi connectivity index (χ4n) is 2.85. The Morgan fingerprint density at radius 2 is 2.00 bits per heavy atom. The molecular weight excluding hydrogens is 194 g/mol. The van der Waals surface area contributed by atoms with Gasteiger partial charge in [0.15, 0.2) is 0 Å². The third-order valence-corrected chi connectivity index (χ3v) is 4.45. The molecule has 88 valence electrons. The Balaban J connectivity index is 2.20. The van der Waals surface area contributed by atoms with Crippen LogP contribution in [0.15, 0.2) is 30.3 Å². The lowest BCUT2D eigenvalue weighted by molar-refractivity contribution is 0.116. The third-order valence-electron chi connectivity index (χ3n) is 4.45. The number of likely N-dealkylation sites (tertiary alicyclic amines) is 1. The van der Waals surface area contributed by atoms with Gasteiger partial charge in [0.25, 0.3) is 0 Å². The van der Waals surface area contributed by atoms with E-state index in [1.165, 1.54) is 31.6 Å². The van der Waals surface area contributed by atoms with Crippen LogP contribution in [0.5, 0.6) is 0 Å². The highest BCUT2D eigenvalue weighted by Gasteiger charge is 2.37. The Labute approximate surface area is 99.5 Å². The summed E-state index contributed by atoms with van der Waals surface area (Å²) < 4.78 is 0. The molecule has 2 rings (SSSR count). The van der Waals surface area contributed by atoms with Gasteiger partial charge in [0, 0.05) is 6.54 Å². The fourth-order valence-corrected chi connectivity index (χ4v) is 2.85. The standard InChI is InChI=1S/C15H23N/c1-4-16-11-10-15(3,13(2)12-16)14-8-6-5-7-9-14/h5-9,13H,4,10-12H2,1-3H3/t13-,15+/m1/s1. The van der Waals surface area contributed by atoms with Crippen molar-refractivity contribution in [2.75, 3.05) is 19.6 Å². The number of nitrogens with zero attached hydrogens (tertiary/aromatic N) is 1. The second-order valence-electron chi connectivity index (χ2n) is 5.33. The SMILES string of the molecule is CCN1CC[C@](C)(c2ccccc2)[C@H](C)C1. The molecular formula is C15H23N. The van der Waals surface area contributed by atoms with E-state index in [-0.39, 0.29) is 0 Å². The normalized spacial score (nSPS) is 31.6. The summed E-state index contributed by atoms with van der Waals surface area (Å²) in [5.41, 5.74) is 1.88. The minimum absolute atomic E-state index is 0.368. The molecule has 1 nitrogen and oxygen atoms in total. The number of hydrogen-bond donors (Lipinski definition) is 0. The molecule has 0 aromatic heterocycles. The van der Waals surface area contributed by atoms with Gasteiger partial charge in [-0.1, -0.05) is 51.1 Å². The lowest BCUT2D eigenvalue weighted by atomic mass is 9.68. The molecule has 2 atom stereocenters. The zero-order chi connectivity index (χ0) is 11.6. The van der Waals surface area contributed by atoms with Crippen molar-refractivity contribution < 1.29 is 0 Å². The van der Waals surface area contributed by atoms with Crippen LogP contribution in [0.4, 0.5) is 0 Å². The van der Waals surface area contributed by atoms with E-state index >= 15 is 0 Å². The van der Waals surface area contributed by atoms with Crippen molar-refractivity contribution >= 4 is 0 Å². The molecule has 1 aromatic rings. The topological polar surface area (TPSA) is 3.24 Å². The van der Waals surface area contributed by atoms with Crippen LogP contribution < -0.4 is 0 Å². The predicted molar refractivity (Wildman–Crippen MR) is 69.7 cm³/mol. The van der Waals surface area contributed by atoms with Gasteiger partial charge < -0.3 is 4.90 Å². The molecule has 1 heterocycles. The van der Waals surface area contributed by atoms with Crippen LogP contribution in [0.1, 0.15) is 32.8 Å². The van der Waals surface area contributed by atoms with Crippen LogP contribution in [-0.2, 0) is 5.41 Å². The maximum Gasteiger partial charge on any atom is 0.00153 e. The molecule has 0 unspecified atom stereocenters. The van der Waals surface area contributed by atoms with Gasteiger partial charge in [-0.15, -0.1) is 0 Å². The summed E-state index contributed by atoms with van der Waals surface area (Å²) in [5.74, 6) is 0.739. The van der Waals surface area contributed by atoms with Crippen molar-refractivity contribution in [2.24, 2.45) is 5.92 Å². The first-order valence-corrected chi connectivity index (χ1v) is 6.44. The molecule has 16 heavy (non-hydrogen) atoms. The van der Waals surface area contributed by atoms with E-state index in [2.05, 4.69) is 56.0 Å². The van der Waals surface area contributed by atoms with Crippen LogP contribution in [0.25, 0.3) is 0 Å². The first-order valence-electron chi connectivity index (χ1n) is 6.44. The average Bonchev–Trinajstić information content (AvgIpc) is 2.34. The Morgan fingerprint density at radius 1 is 1.31 bits per heavy atom. The summed E-state index contributed by atoms with van der Waals surface area (Å²) >= 11 is 0. The third kappa shape index (κ3) is 2.01. The number of rotatable bonds is 2. The molecule has 1 aliphatic heterocycles. The highest BCUT2D eigenvalue weighted by atomic mass is 15.1. The van der Waals surface area contributed by atoms with E-state index in [9.17, 15) is 0 Å². The molecule has 0 aliphatic carbocycles. The summed E-state index contributed by atoms with van der Waals surface area (Å²) in [6.45, 7) is 10.8. The van der Waals surface area contributed by atoms with Gasteiger partial charge in [0.1, 0.15) is 0 Å². The van der Waals surface area contributed by atoms with Crippen molar-refractivity contribution in [3.63, 3.8) is 0 Å². The number of benzene rings is 1. The Morgan fingerprint density at radius 3 is 2.56 bits per heavy atom. The van der Waals surface area contributed by atoms with Crippen LogP contribution in [0.3, 0.4) is 0 Å². The average molecular weight is 217 g/mol. The summed E-state index contributed by atoms with van der Waals surface area (Å²) in [6, 6.07) is 11.0. The fraction of sp³-hybridized carbons (Fsp3) is 0.600. The van der Waals surface area contributed by atoms with Gasteiger partial charge in [-0.2, -0.15) is 0 Å². The number of piperidine rings is 1. The zero-order valence-electron chi connectivity index (χ0n) is 10.7. The van der Waals surface area contributed by atoms with Crippen molar-refractivity contribution in [3.05, 3.63) is 35.9 Å². The maximum atomic E-state index is 2.56. The molecule has 0 saturated carbocycles. The quantitative estimate of drug-likeness (QED) is 0.734. The largest absolute Gasteiger partial charge is 0.303 e. The van der Waals surface area contributed by atoms with Gasteiger partial charge in [-0.05, 0) is 36.4 Å². The lowest BCUT2D eigenvalue weighted by Gasteiger charge is -2.44. The van der Waals surface area contributed by atoms with Crippen LogP contribution in [-0.4, -0.2) is 24.5 Å². The molecule has 0 amide bonds. The van der Waals surface area contributed by atoms with E-state index in [0.29, 0.717) is 5.41 Å².